The fraction of sp³-hybridized carbons (Fsp3) is 0.462. The summed E-state index contributed by atoms with van der Waals surface area (Å²) in [5.41, 5.74) is 0.924. The minimum Gasteiger partial charge on any atom is -0.303 e. The first-order valence-corrected chi connectivity index (χ1v) is 6.70. The van der Waals surface area contributed by atoms with Gasteiger partial charge in [0.25, 0.3) is 0 Å². The van der Waals surface area contributed by atoms with E-state index in [1.54, 1.807) is 12.1 Å². The summed E-state index contributed by atoms with van der Waals surface area (Å²) < 4.78 is 36.5. The summed E-state index contributed by atoms with van der Waals surface area (Å²) >= 11 is 0.932. The molecule has 0 saturated carbocycles. The van der Waals surface area contributed by atoms with Crippen LogP contribution in [0, 0.1) is 0 Å². The molecule has 0 spiro atoms. The van der Waals surface area contributed by atoms with Gasteiger partial charge in [0.1, 0.15) is 0 Å². The third-order valence-corrected chi connectivity index (χ3v) is 3.91. The van der Waals surface area contributed by atoms with Gasteiger partial charge in [-0.25, -0.2) is 0 Å². The van der Waals surface area contributed by atoms with Crippen molar-refractivity contribution < 1.29 is 18.0 Å². The van der Waals surface area contributed by atoms with E-state index in [0.717, 1.165) is 17.3 Å². The third-order valence-electron chi connectivity index (χ3n) is 2.82. The quantitative estimate of drug-likeness (QED) is 0.774. The predicted molar refractivity (Wildman–Crippen MR) is 70.3 cm³/mol. The van der Waals surface area contributed by atoms with Gasteiger partial charge in [-0.1, -0.05) is 18.2 Å². The number of hydrogen-bond acceptors (Lipinski definition) is 3. The number of nitrogens with zero attached hydrogens (tertiary/aromatic N) is 1. The topological polar surface area (TPSA) is 20.3 Å². The van der Waals surface area contributed by atoms with Crippen molar-refractivity contribution in [3.63, 3.8) is 0 Å². The Morgan fingerprint density at radius 1 is 1.32 bits per heavy atom. The summed E-state index contributed by atoms with van der Waals surface area (Å²) in [6.07, 6.45) is -4.75. The van der Waals surface area contributed by atoms with Crippen LogP contribution >= 0.6 is 11.8 Å². The van der Waals surface area contributed by atoms with Crippen molar-refractivity contribution in [2.45, 2.75) is 24.0 Å². The molecule has 0 unspecified atom stereocenters. The van der Waals surface area contributed by atoms with E-state index in [9.17, 15) is 18.0 Å². The maximum Gasteiger partial charge on any atom is 0.450 e. The maximum absolute atomic E-state index is 12.2. The molecule has 0 saturated heterocycles. The van der Waals surface area contributed by atoms with Gasteiger partial charge in [0, 0.05) is 10.9 Å². The highest BCUT2D eigenvalue weighted by Crippen LogP contribution is 2.31. The third kappa shape index (κ3) is 4.54. The monoisotopic (exact) mass is 291 g/mol. The van der Waals surface area contributed by atoms with Gasteiger partial charge in [-0.2, -0.15) is 13.2 Å². The van der Waals surface area contributed by atoms with Crippen LogP contribution in [0.2, 0.25) is 0 Å². The van der Waals surface area contributed by atoms with Crippen molar-refractivity contribution in [1.29, 1.82) is 0 Å². The second kappa shape index (κ2) is 6.43. The van der Waals surface area contributed by atoms with Crippen molar-refractivity contribution in [3.8, 4) is 0 Å². The average molecular weight is 291 g/mol. The van der Waals surface area contributed by atoms with E-state index in [1.165, 1.54) is 0 Å². The summed E-state index contributed by atoms with van der Waals surface area (Å²) in [4.78, 5) is 13.6. The molecule has 0 heterocycles. The maximum atomic E-state index is 12.2. The second-order valence-electron chi connectivity index (χ2n) is 4.39. The van der Waals surface area contributed by atoms with Gasteiger partial charge in [-0.05, 0) is 32.6 Å². The Balaban J connectivity index is 2.82. The molecule has 0 aliphatic heterocycles. The molecule has 0 radical (unpaired) electrons. The molecule has 2 nitrogen and oxygen atoms in total. The predicted octanol–water partition coefficient (Wildman–Crippen LogP) is 3.53. The number of carbonyl (C=O) groups is 1. The van der Waals surface area contributed by atoms with E-state index in [2.05, 4.69) is 0 Å². The fourth-order valence-electron chi connectivity index (χ4n) is 1.46. The standard InChI is InChI=1S/C13H16F3NOS/c1-9(17(2)3)10-6-4-5-7-11(10)19-8-12(18)13(14,15)16/h4-7,9H,8H2,1-3H3/t9-/m0/s1. The van der Waals surface area contributed by atoms with Gasteiger partial charge in [0.15, 0.2) is 0 Å². The molecule has 1 atom stereocenters. The van der Waals surface area contributed by atoms with Crippen LogP contribution in [0.4, 0.5) is 13.2 Å². The lowest BCUT2D eigenvalue weighted by Crippen LogP contribution is -2.24. The first-order valence-electron chi connectivity index (χ1n) is 5.71. The van der Waals surface area contributed by atoms with Gasteiger partial charge >= 0.3 is 6.18 Å². The minimum absolute atomic E-state index is 0.0738. The lowest BCUT2D eigenvalue weighted by atomic mass is 10.1. The average Bonchev–Trinajstić information content (AvgIpc) is 2.34. The number of Topliss-reactive ketones (excluding diaryl/α,β-unsaturated/α-hetero) is 1. The molecule has 0 aliphatic rings. The van der Waals surface area contributed by atoms with Gasteiger partial charge in [0.2, 0.25) is 5.78 Å². The van der Waals surface area contributed by atoms with Crippen LogP contribution in [0.1, 0.15) is 18.5 Å². The van der Waals surface area contributed by atoms with E-state index >= 15 is 0 Å². The molecule has 0 aliphatic carbocycles. The molecule has 0 fully saturated rings. The van der Waals surface area contributed by atoms with E-state index in [0.29, 0.717) is 4.90 Å². The minimum atomic E-state index is -4.75. The first-order chi connectivity index (χ1) is 8.73. The van der Waals surface area contributed by atoms with Crippen molar-refractivity contribution in [2.24, 2.45) is 0 Å². The number of benzene rings is 1. The number of thioether (sulfide) groups is 1. The van der Waals surface area contributed by atoms with Gasteiger partial charge < -0.3 is 4.90 Å². The SMILES string of the molecule is C[C@@H](c1ccccc1SCC(=O)C(F)(F)F)N(C)C. The van der Waals surface area contributed by atoms with Crippen molar-refractivity contribution >= 4 is 17.5 Å². The van der Waals surface area contributed by atoms with Gasteiger partial charge in [-0.15, -0.1) is 11.8 Å². The van der Waals surface area contributed by atoms with Gasteiger partial charge in [-0.3, -0.25) is 4.79 Å². The number of halogens is 3. The van der Waals surface area contributed by atoms with Crippen LogP contribution in [0.5, 0.6) is 0 Å². The number of rotatable bonds is 5. The summed E-state index contributed by atoms with van der Waals surface area (Å²) in [5.74, 6) is -2.29. The van der Waals surface area contributed by atoms with Crippen LogP contribution in [0.3, 0.4) is 0 Å². The molecular formula is C13H16F3NOS. The number of hydrogen-bond donors (Lipinski definition) is 0. The zero-order valence-corrected chi connectivity index (χ0v) is 11.8. The van der Waals surface area contributed by atoms with Gasteiger partial charge in [0.05, 0.1) is 5.75 Å². The Morgan fingerprint density at radius 3 is 2.42 bits per heavy atom. The Kier molecular flexibility index (Phi) is 5.43. The molecule has 0 N–H and O–H groups in total. The van der Waals surface area contributed by atoms with Crippen LogP contribution < -0.4 is 0 Å². The van der Waals surface area contributed by atoms with Crippen molar-refractivity contribution in [1.82, 2.24) is 4.90 Å². The van der Waals surface area contributed by atoms with Crippen molar-refractivity contribution in [2.75, 3.05) is 19.8 Å². The highest BCUT2D eigenvalue weighted by atomic mass is 32.2. The summed E-state index contributed by atoms with van der Waals surface area (Å²) in [6.45, 7) is 1.96. The molecule has 1 rings (SSSR count). The molecule has 106 valence electrons. The molecular weight excluding hydrogens is 275 g/mol. The normalized spacial score (nSPS) is 13.6. The van der Waals surface area contributed by atoms with Crippen LogP contribution in [0.25, 0.3) is 0 Å². The molecule has 0 amide bonds. The fourth-order valence-corrected chi connectivity index (χ4v) is 2.49. The van der Waals surface area contributed by atoms with E-state index < -0.39 is 17.7 Å². The highest BCUT2D eigenvalue weighted by Gasteiger charge is 2.37. The number of carbonyl (C=O) groups excluding carboxylic acids is 1. The molecule has 0 bridgehead atoms. The lowest BCUT2D eigenvalue weighted by Gasteiger charge is -2.22. The lowest BCUT2D eigenvalue weighted by molar-refractivity contribution is -0.167. The smallest absolute Gasteiger partial charge is 0.303 e. The molecule has 0 aromatic heterocycles. The summed E-state index contributed by atoms with van der Waals surface area (Å²) in [5, 5.41) is 0. The Hall–Kier alpha value is -1.01. The molecule has 6 heteroatoms. The summed E-state index contributed by atoms with van der Waals surface area (Å²) in [7, 11) is 3.79. The number of alkyl halides is 3. The van der Waals surface area contributed by atoms with Crippen LogP contribution in [-0.4, -0.2) is 36.7 Å². The van der Waals surface area contributed by atoms with Crippen LogP contribution in [-0.2, 0) is 4.79 Å². The summed E-state index contributed by atoms with van der Waals surface area (Å²) in [6, 6.07) is 7.27. The second-order valence-corrected chi connectivity index (χ2v) is 5.40. The number of ketones is 1. The highest BCUT2D eigenvalue weighted by molar-refractivity contribution is 8.00. The Morgan fingerprint density at radius 2 is 1.89 bits per heavy atom. The zero-order chi connectivity index (χ0) is 14.6. The Bertz CT molecular complexity index is 446. The Labute approximate surface area is 115 Å². The van der Waals surface area contributed by atoms with E-state index in [1.807, 2.05) is 38.1 Å². The molecule has 19 heavy (non-hydrogen) atoms. The first kappa shape index (κ1) is 16.0. The molecule has 1 aromatic rings. The van der Waals surface area contributed by atoms with Crippen LogP contribution in [0.15, 0.2) is 29.2 Å². The van der Waals surface area contributed by atoms with Crippen molar-refractivity contribution in [3.05, 3.63) is 29.8 Å². The largest absolute Gasteiger partial charge is 0.450 e. The zero-order valence-electron chi connectivity index (χ0n) is 11.0. The van der Waals surface area contributed by atoms with E-state index in [4.69, 9.17) is 0 Å². The van der Waals surface area contributed by atoms with E-state index in [-0.39, 0.29) is 6.04 Å². The molecule has 1 aromatic carbocycles.